The summed E-state index contributed by atoms with van der Waals surface area (Å²) in [6.07, 6.45) is 5.17. The number of hydrogen-bond donors (Lipinski definition) is 2. The van der Waals surface area contributed by atoms with Gasteiger partial charge in [0.25, 0.3) is 5.91 Å². The van der Waals surface area contributed by atoms with Crippen LogP contribution < -0.4 is 15.6 Å². The molecule has 0 heterocycles. The van der Waals surface area contributed by atoms with Gasteiger partial charge >= 0.3 is 0 Å². The van der Waals surface area contributed by atoms with Crippen LogP contribution in [0.2, 0.25) is 0 Å². The quantitative estimate of drug-likeness (QED) is 0.839. The summed E-state index contributed by atoms with van der Waals surface area (Å²) in [5.41, 5.74) is 8.11. The van der Waals surface area contributed by atoms with E-state index in [1.807, 2.05) is 32.9 Å². The fourth-order valence-electron chi connectivity index (χ4n) is 3.17. The van der Waals surface area contributed by atoms with E-state index in [1.165, 1.54) is 6.42 Å². The van der Waals surface area contributed by atoms with Gasteiger partial charge in [0, 0.05) is 5.92 Å². The minimum Gasteiger partial charge on any atom is -0.483 e. The van der Waals surface area contributed by atoms with E-state index in [4.69, 9.17) is 4.74 Å². The number of aryl methyl sites for hydroxylation is 3. The highest BCUT2D eigenvalue weighted by molar-refractivity contribution is 5.84. The maximum atomic E-state index is 12.0. The molecule has 5 heteroatoms. The van der Waals surface area contributed by atoms with Crippen molar-refractivity contribution in [2.45, 2.75) is 52.9 Å². The molecule has 1 aliphatic carbocycles. The van der Waals surface area contributed by atoms with Crippen LogP contribution in [-0.2, 0) is 9.59 Å². The van der Waals surface area contributed by atoms with Crippen LogP contribution in [0.3, 0.4) is 0 Å². The van der Waals surface area contributed by atoms with Crippen molar-refractivity contribution in [3.05, 3.63) is 28.8 Å². The lowest BCUT2D eigenvalue weighted by molar-refractivity contribution is -0.132. The standard InChI is InChI=1S/C18H26N2O3/c1-12-9-13(2)17(14(3)10-12)23-11-16(21)19-20-18(22)15-7-5-4-6-8-15/h9-10,15H,4-8,11H2,1-3H3,(H,19,21)(H,20,22). The molecule has 23 heavy (non-hydrogen) atoms. The van der Waals surface area contributed by atoms with Crippen molar-refractivity contribution in [3.8, 4) is 5.75 Å². The van der Waals surface area contributed by atoms with E-state index >= 15 is 0 Å². The van der Waals surface area contributed by atoms with Crippen LogP contribution >= 0.6 is 0 Å². The highest BCUT2D eigenvalue weighted by Crippen LogP contribution is 2.24. The van der Waals surface area contributed by atoms with E-state index in [-0.39, 0.29) is 24.3 Å². The Bertz CT molecular complexity index is 555. The molecule has 0 unspecified atom stereocenters. The van der Waals surface area contributed by atoms with E-state index in [9.17, 15) is 9.59 Å². The number of carbonyl (C=O) groups excluding carboxylic acids is 2. The molecule has 1 fully saturated rings. The number of nitrogens with one attached hydrogen (secondary N) is 2. The van der Waals surface area contributed by atoms with Crippen LogP contribution in [0.15, 0.2) is 12.1 Å². The van der Waals surface area contributed by atoms with Crippen molar-refractivity contribution >= 4 is 11.8 Å². The number of amides is 2. The molecule has 5 nitrogen and oxygen atoms in total. The maximum Gasteiger partial charge on any atom is 0.276 e. The smallest absolute Gasteiger partial charge is 0.276 e. The van der Waals surface area contributed by atoms with Gasteiger partial charge < -0.3 is 4.74 Å². The lowest BCUT2D eigenvalue weighted by atomic mass is 9.89. The first-order valence-corrected chi connectivity index (χ1v) is 8.26. The summed E-state index contributed by atoms with van der Waals surface area (Å²) < 4.78 is 5.60. The Hall–Kier alpha value is -2.04. The Morgan fingerprint density at radius 2 is 1.65 bits per heavy atom. The number of benzene rings is 1. The summed E-state index contributed by atoms with van der Waals surface area (Å²) in [5.74, 6) is 0.296. The first-order chi connectivity index (χ1) is 11.0. The minimum absolute atomic E-state index is 0.0200. The molecule has 0 aliphatic heterocycles. The minimum atomic E-state index is -0.353. The molecule has 0 radical (unpaired) electrons. The zero-order chi connectivity index (χ0) is 16.8. The first-order valence-electron chi connectivity index (χ1n) is 8.26. The highest BCUT2D eigenvalue weighted by atomic mass is 16.5. The van der Waals surface area contributed by atoms with Crippen LogP contribution in [0.4, 0.5) is 0 Å². The van der Waals surface area contributed by atoms with Crippen molar-refractivity contribution in [3.63, 3.8) is 0 Å². The Morgan fingerprint density at radius 1 is 1.04 bits per heavy atom. The molecule has 1 aromatic carbocycles. The van der Waals surface area contributed by atoms with Gasteiger partial charge in [-0.15, -0.1) is 0 Å². The van der Waals surface area contributed by atoms with Crippen LogP contribution in [-0.4, -0.2) is 18.4 Å². The zero-order valence-corrected chi connectivity index (χ0v) is 14.2. The number of hydrazine groups is 1. The molecule has 0 atom stereocenters. The molecule has 1 aromatic rings. The molecular weight excluding hydrogens is 292 g/mol. The predicted molar refractivity (Wildman–Crippen MR) is 89.0 cm³/mol. The molecule has 1 aliphatic rings. The number of rotatable bonds is 4. The summed E-state index contributed by atoms with van der Waals surface area (Å²) in [6.45, 7) is 5.82. The van der Waals surface area contributed by atoms with Gasteiger partial charge in [0.1, 0.15) is 5.75 Å². The second kappa shape index (κ2) is 7.99. The summed E-state index contributed by atoms with van der Waals surface area (Å²) >= 11 is 0. The fourth-order valence-corrected chi connectivity index (χ4v) is 3.17. The molecule has 0 spiro atoms. The molecule has 1 saturated carbocycles. The van der Waals surface area contributed by atoms with Crippen molar-refractivity contribution < 1.29 is 14.3 Å². The second-order valence-corrected chi connectivity index (χ2v) is 6.39. The Balaban J connectivity index is 1.78. The van der Waals surface area contributed by atoms with Gasteiger partial charge in [-0.1, -0.05) is 37.0 Å². The van der Waals surface area contributed by atoms with Gasteiger partial charge in [0.15, 0.2) is 6.61 Å². The van der Waals surface area contributed by atoms with Crippen LogP contribution in [0.5, 0.6) is 5.75 Å². The molecule has 2 amide bonds. The Morgan fingerprint density at radius 3 is 2.26 bits per heavy atom. The summed E-state index contributed by atoms with van der Waals surface area (Å²) in [6, 6.07) is 4.04. The lowest BCUT2D eigenvalue weighted by Crippen LogP contribution is -2.46. The van der Waals surface area contributed by atoms with Gasteiger partial charge in [-0.3, -0.25) is 20.4 Å². The van der Waals surface area contributed by atoms with Crippen molar-refractivity contribution in [2.24, 2.45) is 5.92 Å². The second-order valence-electron chi connectivity index (χ2n) is 6.39. The van der Waals surface area contributed by atoms with Gasteiger partial charge in [0.05, 0.1) is 0 Å². The fraction of sp³-hybridized carbons (Fsp3) is 0.556. The molecule has 0 saturated heterocycles. The van der Waals surface area contributed by atoms with E-state index in [0.29, 0.717) is 0 Å². The topological polar surface area (TPSA) is 67.4 Å². The molecule has 126 valence electrons. The predicted octanol–water partition coefficient (Wildman–Crippen LogP) is 2.72. The summed E-state index contributed by atoms with van der Waals surface area (Å²) in [5, 5.41) is 0. The van der Waals surface area contributed by atoms with Crippen molar-refractivity contribution in [2.75, 3.05) is 6.61 Å². The van der Waals surface area contributed by atoms with Crippen LogP contribution in [0.25, 0.3) is 0 Å². The Labute approximate surface area is 137 Å². The summed E-state index contributed by atoms with van der Waals surface area (Å²) in [4.78, 5) is 23.8. The maximum absolute atomic E-state index is 12.0. The van der Waals surface area contributed by atoms with Gasteiger partial charge in [-0.2, -0.15) is 0 Å². The lowest BCUT2D eigenvalue weighted by Gasteiger charge is -2.20. The molecule has 0 bridgehead atoms. The third kappa shape index (κ3) is 4.98. The molecule has 2 rings (SSSR count). The average Bonchev–Trinajstić information content (AvgIpc) is 2.52. The monoisotopic (exact) mass is 318 g/mol. The average molecular weight is 318 g/mol. The van der Waals surface area contributed by atoms with E-state index < -0.39 is 0 Å². The molecule has 2 N–H and O–H groups in total. The van der Waals surface area contributed by atoms with E-state index in [1.54, 1.807) is 0 Å². The van der Waals surface area contributed by atoms with E-state index in [2.05, 4.69) is 10.9 Å². The number of carbonyl (C=O) groups is 2. The Kier molecular flexibility index (Phi) is 6.02. The van der Waals surface area contributed by atoms with Crippen molar-refractivity contribution in [1.82, 2.24) is 10.9 Å². The largest absolute Gasteiger partial charge is 0.483 e. The normalized spacial score (nSPS) is 15.1. The third-order valence-corrected chi connectivity index (χ3v) is 4.25. The van der Waals surface area contributed by atoms with Crippen molar-refractivity contribution in [1.29, 1.82) is 0 Å². The highest BCUT2D eigenvalue weighted by Gasteiger charge is 2.21. The zero-order valence-electron chi connectivity index (χ0n) is 14.2. The molecular formula is C18H26N2O3. The van der Waals surface area contributed by atoms with Crippen LogP contribution in [0.1, 0.15) is 48.8 Å². The molecule has 0 aromatic heterocycles. The number of ether oxygens (including phenoxy) is 1. The van der Waals surface area contributed by atoms with E-state index in [0.717, 1.165) is 48.1 Å². The van der Waals surface area contributed by atoms with Gasteiger partial charge in [-0.25, -0.2) is 0 Å². The summed E-state index contributed by atoms with van der Waals surface area (Å²) in [7, 11) is 0. The number of hydrogen-bond acceptors (Lipinski definition) is 3. The van der Waals surface area contributed by atoms with Crippen LogP contribution in [0, 0.1) is 26.7 Å². The SMILES string of the molecule is Cc1cc(C)c(OCC(=O)NNC(=O)C2CCCCC2)c(C)c1. The van der Waals surface area contributed by atoms with Gasteiger partial charge in [-0.05, 0) is 44.7 Å². The third-order valence-electron chi connectivity index (χ3n) is 4.25. The first kappa shape index (κ1) is 17.3. The van der Waals surface area contributed by atoms with Gasteiger partial charge in [0.2, 0.25) is 5.91 Å².